The van der Waals surface area contributed by atoms with Crippen molar-refractivity contribution < 1.29 is 4.79 Å². The Kier molecular flexibility index (Phi) is 6.31. The Hall–Kier alpha value is -2.30. The molecule has 0 spiro atoms. The van der Waals surface area contributed by atoms with Crippen LogP contribution in [0.25, 0.3) is 0 Å². The van der Waals surface area contributed by atoms with E-state index in [0.29, 0.717) is 6.54 Å². The van der Waals surface area contributed by atoms with Gasteiger partial charge in [-0.2, -0.15) is 5.26 Å². The Labute approximate surface area is 158 Å². The van der Waals surface area contributed by atoms with Crippen molar-refractivity contribution in [3.8, 4) is 6.07 Å². The van der Waals surface area contributed by atoms with Crippen LogP contribution in [-0.4, -0.2) is 44.8 Å². The maximum Gasteiger partial charge on any atom is 0.219 e. The molecule has 7 heteroatoms. The number of carbonyl (C=O) groups is 1. The quantitative estimate of drug-likeness (QED) is 0.810. The number of rotatable bonds is 5. The number of hydrogen-bond donors (Lipinski definition) is 0. The monoisotopic (exact) mass is 369 g/mol. The van der Waals surface area contributed by atoms with E-state index in [1.54, 1.807) is 30.7 Å². The smallest absolute Gasteiger partial charge is 0.219 e. The molecule has 26 heavy (non-hydrogen) atoms. The average molecular weight is 369 g/mol. The molecule has 1 amide bonds. The van der Waals surface area contributed by atoms with Crippen LogP contribution >= 0.6 is 11.3 Å². The van der Waals surface area contributed by atoms with Gasteiger partial charge in [0.1, 0.15) is 12.4 Å². The predicted molar refractivity (Wildman–Crippen MR) is 100 cm³/mol. The normalized spacial score (nSPS) is 18.1. The van der Waals surface area contributed by atoms with Crippen LogP contribution in [-0.2, 0) is 17.9 Å². The fourth-order valence-corrected chi connectivity index (χ4v) is 4.31. The Bertz CT molecular complexity index is 770. The number of thiophene rings is 1. The van der Waals surface area contributed by atoms with Crippen LogP contribution in [0.5, 0.6) is 0 Å². The third kappa shape index (κ3) is 4.87. The minimum Gasteiger partial charge on any atom is -0.335 e. The molecule has 1 saturated heterocycles. The van der Waals surface area contributed by atoms with Gasteiger partial charge in [-0.15, -0.1) is 11.3 Å². The van der Waals surface area contributed by atoms with Gasteiger partial charge in [-0.1, -0.05) is 0 Å². The Balaban J connectivity index is 1.60. The van der Waals surface area contributed by atoms with E-state index in [1.165, 1.54) is 11.2 Å². The zero-order valence-electron chi connectivity index (χ0n) is 15.0. The molecule has 1 fully saturated rings. The van der Waals surface area contributed by atoms with Crippen LogP contribution < -0.4 is 0 Å². The average Bonchev–Trinajstić information content (AvgIpc) is 2.98. The van der Waals surface area contributed by atoms with Crippen molar-refractivity contribution in [3.63, 3.8) is 0 Å². The van der Waals surface area contributed by atoms with Crippen LogP contribution in [0, 0.1) is 11.3 Å². The number of likely N-dealkylation sites (tertiary alicyclic amines) is 1. The van der Waals surface area contributed by atoms with Crippen molar-refractivity contribution in [2.45, 2.75) is 45.3 Å². The molecular weight excluding hydrogens is 346 g/mol. The minimum absolute atomic E-state index is 0.101. The molecule has 3 rings (SSSR count). The summed E-state index contributed by atoms with van der Waals surface area (Å²) >= 11 is 1.65. The fraction of sp³-hybridized carbons (Fsp3) is 0.474. The highest BCUT2D eigenvalue weighted by Crippen LogP contribution is 2.22. The molecule has 6 nitrogen and oxygen atoms in total. The molecule has 0 unspecified atom stereocenters. The molecule has 2 aromatic heterocycles. The predicted octanol–water partition coefficient (Wildman–Crippen LogP) is 2.81. The number of carbonyl (C=O) groups excluding carboxylic acids is 1. The topological polar surface area (TPSA) is 73.1 Å². The van der Waals surface area contributed by atoms with Gasteiger partial charge in [-0.25, -0.2) is 9.97 Å². The lowest BCUT2D eigenvalue weighted by Gasteiger charge is -2.30. The third-order valence-corrected chi connectivity index (χ3v) is 5.69. The third-order valence-electron chi connectivity index (χ3n) is 4.76. The lowest BCUT2D eigenvalue weighted by molar-refractivity contribution is -0.132. The summed E-state index contributed by atoms with van der Waals surface area (Å²) < 4.78 is 0. The summed E-state index contributed by atoms with van der Waals surface area (Å²) in [6, 6.07) is 4.41. The molecule has 0 aromatic carbocycles. The van der Waals surface area contributed by atoms with Crippen LogP contribution in [0.2, 0.25) is 0 Å². The summed E-state index contributed by atoms with van der Waals surface area (Å²) in [5, 5.41) is 10.9. The first-order valence-corrected chi connectivity index (χ1v) is 9.74. The second-order valence-corrected chi connectivity index (χ2v) is 7.66. The summed E-state index contributed by atoms with van der Waals surface area (Å²) in [4.78, 5) is 25.9. The lowest BCUT2D eigenvalue weighted by Crippen LogP contribution is -2.39. The molecule has 136 valence electrons. The van der Waals surface area contributed by atoms with Crippen LogP contribution in [0.3, 0.4) is 0 Å². The standard InChI is InChI=1S/C19H23N5OS/c1-15(25)24(11-17-9-21-14-22-10-17)18-3-2-5-23(6-4-18)12-19-7-16(8-20)13-26-19/h7,9-10,13-14,18H,2-6,11-12H2,1H3/t18-/m0/s1. The van der Waals surface area contributed by atoms with Crippen molar-refractivity contribution in [2.24, 2.45) is 0 Å². The van der Waals surface area contributed by atoms with Crippen molar-refractivity contribution in [3.05, 3.63) is 46.2 Å². The van der Waals surface area contributed by atoms with E-state index in [9.17, 15) is 4.79 Å². The van der Waals surface area contributed by atoms with Crippen LogP contribution in [0.15, 0.2) is 30.2 Å². The molecule has 0 radical (unpaired) electrons. The molecule has 2 aromatic rings. The molecule has 0 N–H and O–H groups in total. The summed E-state index contributed by atoms with van der Waals surface area (Å²) in [5.41, 5.74) is 1.71. The second kappa shape index (κ2) is 8.88. The Morgan fingerprint density at radius 1 is 1.38 bits per heavy atom. The molecule has 0 aliphatic carbocycles. The summed E-state index contributed by atoms with van der Waals surface area (Å²) in [7, 11) is 0. The SMILES string of the molecule is CC(=O)N(Cc1cncnc1)[C@H]1CCCN(Cc2cc(C#N)cs2)CC1. The maximum absolute atomic E-state index is 12.2. The van der Waals surface area contributed by atoms with Crippen molar-refractivity contribution in [2.75, 3.05) is 13.1 Å². The highest BCUT2D eigenvalue weighted by atomic mass is 32.1. The van der Waals surface area contributed by atoms with Crippen LogP contribution in [0.4, 0.5) is 0 Å². The number of nitrogens with zero attached hydrogens (tertiary/aromatic N) is 5. The fourth-order valence-electron chi connectivity index (χ4n) is 3.46. The Morgan fingerprint density at radius 2 is 2.19 bits per heavy atom. The minimum atomic E-state index is 0.101. The first kappa shape index (κ1) is 18.5. The van der Waals surface area contributed by atoms with Gasteiger partial charge in [0.25, 0.3) is 0 Å². The van der Waals surface area contributed by atoms with E-state index in [4.69, 9.17) is 5.26 Å². The van der Waals surface area contributed by atoms with Gasteiger partial charge in [0, 0.05) is 60.8 Å². The number of nitriles is 1. The van der Waals surface area contributed by atoms with E-state index in [1.807, 2.05) is 16.3 Å². The van der Waals surface area contributed by atoms with Crippen LogP contribution in [0.1, 0.15) is 42.2 Å². The zero-order chi connectivity index (χ0) is 18.4. The maximum atomic E-state index is 12.2. The molecule has 3 heterocycles. The molecule has 1 aliphatic heterocycles. The van der Waals surface area contributed by atoms with E-state index >= 15 is 0 Å². The summed E-state index contributed by atoms with van der Waals surface area (Å²) in [6.07, 6.45) is 8.09. The van der Waals surface area contributed by atoms with Crippen molar-refractivity contribution >= 4 is 17.2 Å². The van der Waals surface area contributed by atoms with E-state index in [0.717, 1.165) is 50.0 Å². The number of hydrogen-bond acceptors (Lipinski definition) is 6. The number of aromatic nitrogens is 2. The Morgan fingerprint density at radius 3 is 2.88 bits per heavy atom. The van der Waals surface area contributed by atoms with E-state index < -0.39 is 0 Å². The van der Waals surface area contributed by atoms with Gasteiger partial charge < -0.3 is 4.90 Å². The largest absolute Gasteiger partial charge is 0.335 e. The second-order valence-electron chi connectivity index (χ2n) is 6.67. The highest BCUT2D eigenvalue weighted by Gasteiger charge is 2.25. The molecule has 1 aliphatic rings. The van der Waals surface area contributed by atoms with Gasteiger partial charge >= 0.3 is 0 Å². The van der Waals surface area contributed by atoms with Crippen molar-refractivity contribution in [1.29, 1.82) is 5.26 Å². The van der Waals surface area contributed by atoms with Gasteiger partial charge in [-0.05, 0) is 31.9 Å². The van der Waals surface area contributed by atoms with Gasteiger partial charge in [-0.3, -0.25) is 9.69 Å². The highest BCUT2D eigenvalue weighted by molar-refractivity contribution is 7.10. The van der Waals surface area contributed by atoms with Gasteiger partial charge in [0.2, 0.25) is 5.91 Å². The summed E-state index contributed by atoms with van der Waals surface area (Å²) in [6.45, 7) is 5.07. The zero-order valence-corrected chi connectivity index (χ0v) is 15.8. The first-order chi connectivity index (χ1) is 12.7. The molecule has 1 atom stereocenters. The molecular formula is C19H23N5OS. The van der Waals surface area contributed by atoms with Crippen molar-refractivity contribution in [1.82, 2.24) is 19.8 Å². The first-order valence-electron chi connectivity index (χ1n) is 8.86. The van der Waals surface area contributed by atoms with E-state index in [-0.39, 0.29) is 11.9 Å². The summed E-state index contributed by atoms with van der Waals surface area (Å²) in [5.74, 6) is 0.101. The van der Waals surface area contributed by atoms with Gasteiger partial charge in [0.05, 0.1) is 5.56 Å². The van der Waals surface area contributed by atoms with Gasteiger partial charge in [0.15, 0.2) is 0 Å². The van der Waals surface area contributed by atoms with E-state index in [2.05, 4.69) is 20.9 Å². The lowest BCUT2D eigenvalue weighted by atomic mass is 10.1. The number of amides is 1. The molecule has 0 saturated carbocycles. The molecule has 0 bridgehead atoms.